The van der Waals surface area contributed by atoms with E-state index in [-0.39, 0.29) is 17.4 Å². The Morgan fingerprint density at radius 3 is 2.45 bits per heavy atom. The van der Waals surface area contributed by atoms with Gasteiger partial charge < -0.3 is 9.84 Å². The second-order valence-corrected chi connectivity index (χ2v) is 6.67. The van der Waals surface area contributed by atoms with E-state index < -0.39 is 0 Å². The van der Waals surface area contributed by atoms with Crippen LogP contribution in [0.4, 0.5) is 10.5 Å². The van der Waals surface area contributed by atoms with Gasteiger partial charge in [-0.1, -0.05) is 0 Å². The molecule has 4 heteroatoms. The van der Waals surface area contributed by atoms with Crippen LogP contribution >= 0.6 is 0 Å². The summed E-state index contributed by atoms with van der Waals surface area (Å²) in [6.07, 6.45) is 5.56. The van der Waals surface area contributed by atoms with E-state index >= 15 is 0 Å². The molecule has 4 aliphatic rings. The lowest BCUT2D eigenvalue weighted by molar-refractivity contribution is -0.00473. The highest BCUT2D eigenvalue weighted by atomic mass is 16.6. The van der Waals surface area contributed by atoms with Crippen LogP contribution in [0.2, 0.25) is 0 Å². The molecule has 4 saturated carbocycles. The van der Waals surface area contributed by atoms with Crippen molar-refractivity contribution < 1.29 is 14.6 Å². The Kier molecular flexibility index (Phi) is 2.50. The van der Waals surface area contributed by atoms with Crippen LogP contribution in [-0.4, -0.2) is 16.8 Å². The van der Waals surface area contributed by atoms with Gasteiger partial charge in [-0.3, -0.25) is 5.32 Å². The smallest absolute Gasteiger partial charge is 0.412 e. The van der Waals surface area contributed by atoms with Crippen LogP contribution in [0.25, 0.3) is 0 Å². The maximum atomic E-state index is 12.1. The van der Waals surface area contributed by atoms with Gasteiger partial charge in [0.25, 0.3) is 0 Å². The largest absolute Gasteiger partial charge is 0.508 e. The fourth-order valence-electron chi connectivity index (χ4n) is 4.76. The molecule has 0 aromatic heterocycles. The van der Waals surface area contributed by atoms with Crippen molar-refractivity contribution in [3.8, 4) is 5.75 Å². The highest BCUT2D eigenvalue weighted by Crippen LogP contribution is 2.62. The first-order valence-electron chi connectivity index (χ1n) is 7.42. The third-order valence-corrected chi connectivity index (χ3v) is 5.32. The summed E-state index contributed by atoms with van der Waals surface area (Å²) in [4.78, 5) is 12.1. The number of amides is 1. The SMILES string of the molecule is O=C(Nc1ccc(O)cc1)OC12CC3CC(CC1C3)C2. The summed E-state index contributed by atoms with van der Waals surface area (Å²) in [5.74, 6) is 2.31. The number of aromatic hydroxyl groups is 1. The summed E-state index contributed by atoms with van der Waals surface area (Å²) in [6, 6.07) is 6.45. The van der Waals surface area contributed by atoms with Gasteiger partial charge in [0.05, 0.1) is 0 Å². The van der Waals surface area contributed by atoms with Gasteiger partial charge in [-0.25, -0.2) is 4.79 Å². The van der Waals surface area contributed by atoms with Crippen LogP contribution in [0.1, 0.15) is 32.1 Å². The van der Waals surface area contributed by atoms with Gasteiger partial charge >= 0.3 is 6.09 Å². The molecule has 1 aromatic rings. The Morgan fingerprint density at radius 2 is 1.80 bits per heavy atom. The Balaban J connectivity index is 1.44. The lowest BCUT2D eigenvalue weighted by Gasteiger charge is -2.32. The molecule has 4 bridgehead atoms. The average Bonchev–Trinajstić information content (AvgIpc) is 2.76. The lowest BCUT2D eigenvalue weighted by atomic mass is 9.81. The van der Waals surface area contributed by atoms with Crippen LogP contribution in [0.3, 0.4) is 0 Å². The zero-order valence-electron chi connectivity index (χ0n) is 11.3. The molecule has 4 nitrogen and oxygen atoms in total. The Morgan fingerprint density at radius 1 is 1.15 bits per heavy atom. The predicted molar refractivity (Wildman–Crippen MR) is 74.5 cm³/mol. The molecule has 5 rings (SSSR count). The number of carbonyl (C=O) groups is 1. The molecule has 106 valence electrons. The number of phenolic OH excluding ortho intramolecular Hbond substituents is 1. The monoisotopic (exact) mass is 273 g/mol. The van der Waals surface area contributed by atoms with Crippen molar-refractivity contribution in [1.29, 1.82) is 0 Å². The fraction of sp³-hybridized carbons (Fsp3) is 0.562. The van der Waals surface area contributed by atoms with Crippen LogP contribution in [-0.2, 0) is 4.74 Å². The molecular weight excluding hydrogens is 254 g/mol. The predicted octanol–water partition coefficient (Wildman–Crippen LogP) is 3.52. The van der Waals surface area contributed by atoms with Crippen molar-refractivity contribution in [2.75, 3.05) is 5.32 Å². The molecule has 0 saturated heterocycles. The highest BCUT2D eigenvalue weighted by Gasteiger charge is 2.60. The van der Waals surface area contributed by atoms with Crippen molar-refractivity contribution in [3.63, 3.8) is 0 Å². The minimum absolute atomic E-state index is 0.186. The molecule has 4 fully saturated rings. The van der Waals surface area contributed by atoms with E-state index in [9.17, 15) is 9.90 Å². The van der Waals surface area contributed by atoms with Crippen LogP contribution in [0.15, 0.2) is 24.3 Å². The number of hydrogen-bond donors (Lipinski definition) is 2. The number of hydrogen-bond acceptors (Lipinski definition) is 3. The van der Waals surface area contributed by atoms with E-state index in [1.54, 1.807) is 24.3 Å². The minimum Gasteiger partial charge on any atom is -0.508 e. The highest BCUT2D eigenvalue weighted by molar-refractivity contribution is 5.85. The minimum atomic E-state index is -0.358. The molecule has 0 aliphatic heterocycles. The van der Waals surface area contributed by atoms with Crippen molar-refractivity contribution in [2.24, 2.45) is 17.8 Å². The van der Waals surface area contributed by atoms with E-state index in [4.69, 9.17) is 4.74 Å². The second kappa shape index (κ2) is 4.14. The summed E-state index contributed by atoms with van der Waals surface area (Å²) in [6.45, 7) is 0. The number of carbonyl (C=O) groups excluding carboxylic acids is 1. The third kappa shape index (κ3) is 1.86. The molecule has 4 aliphatic carbocycles. The van der Waals surface area contributed by atoms with Gasteiger partial charge in [0.15, 0.2) is 0 Å². The van der Waals surface area contributed by atoms with Crippen molar-refractivity contribution >= 4 is 11.8 Å². The maximum absolute atomic E-state index is 12.1. The molecule has 2 N–H and O–H groups in total. The molecule has 20 heavy (non-hydrogen) atoms. The van der Waals surface area contributed by atoms with Crippen LogP contribution in [0.5, 0.6) is 5.75 Å². The normalized spacial score (nSPS) is 37.1. The topological polar surface area (TPSA) is 58.6 Å². The molecule has 1 amide bonds. The maximum Gasteiger partial charge on any atom is 0.412 e. The van der Waals surface area contributed by atoms with E-state index in [1.807, 2.05) is 0 Å². The van der Waals surface area contributed by atoms with Crippen LogP contribution < -0.4 is 5.32 Å². The average molecular weight is 273 g/mol. The van der Waals surface area contributed by atoms with Crippen LogP contribution in [0, 0.1) is 17.8 Å². The second-order valence-electron chi connectivity index (χ2n) is 6.67. The summed E-state index contributed by atoms with van der Waals surface area (Å²) < 4.78 is 5.85. The zero-order chi connectivity index (χ0) is 13.7. The standard InChI is InChI=1S/C16H19NO3/c18-14-3-1-13(2-4-14)17-15(19)20-16-8-10-5-11(9-16)7-12(16)6-10/h1-4,10-12,18H,5-9H2,(H,17,19). The Labute approximate surface area is 118 Å². The molecule has 0 heterocycles. The third-order valence-electron chi connectivity index (χ3n) is 5.32. The first-order valence-corrected chi connectivity index (χ1v) is 7.42. The summed E-state index contributed by atoms with van der Waals surface area (Å²) >= 11 is 0. The molecule has 2 atom stereocenters. The van der Waals surface area contributed by atoms with Gasteiger partial charge in [0, 0.05) is 5.69 Å². The number of phenols is 1. The van der Waals surface area contributed by atoms with Gasteiger partial charge in [-0.15, -0.1) is 0 Å². The molecule has 0 radical (unpaired) electrons. The summed E-state index contributed by atoms with van der Waals surface area (Å²) in [5.41, 5.74) is 0.469. The fourth-order valence-corrected chi connectivity index (χ4v) is 4.76. The van der Waals surface area contributed by atoms with Gasteiger partial charge in [0.1, 0.15) is 11.4 Å². The van der Waals surface area contributed by atoms with E-state index in [0.717, 1.165) is 24.7 Å². The molecule has 0 spiro atoms. The molecule has 1 aromatic carbocycles. The Hall–Kier alpha value is -1.71. The van der Waals surface area contributed by atoms with Crippen molar-refractivity contribution in [3.05, 3.63) is 24.3 Å². The van der Waals surface area contributed by atoms with Gasteiger partial charge in [0.2, 0.25) is 0 Å². The van der Waals surface area contributed by atoms with E-state index in [1.165, 1.54) is 19.3 Å². The Bertz CT molecular complexity index is 525. The lowest BCUT2D eigenvalue weighted by Crippen LogP contribution is -2.38. The number of anilines is 1. The first-order chi connectivity index (χ1) is 9.63. The number of rotatable bonds is 2. The number of nitrogens with one attached hydrogen (secondary N) is 1. The molecular formula is C16H19NO3. The van der Waals surface area contributed by atoms with Crippen molar-refractivity contribution in [2.45, 2.75) is 37.7 Å². The van der Waals surface area contributed by atoms with Gasteiger partial charge in [-0.05, 0) is 74.1 Å². The van der Waals surface area contributed by atoms with Crippen molar-refractivity contribution in [1.82, 2.24) is 0 Å². The quantitative estimate of drug-likeness (QED) is 0.810. The van der Waals surface area contributed by atoms with E-state index in [2.05, 4.69) is 5.32 Å². The number of benzene rings is 1. The number of ether oxygens (including phenoxy) is 1. The summed E-state index contributed by atoms with van der Waals surface area (Å²) in [5, 5.41) is 12.0. The molecule has 2 unspecified atom stereocenters. The summed E-state index contributed by atoms with van der Waals surface area (Å²) in [7, 11) is 0. The van der Waals surface area contributed by atoms with Gasteiger partial charge in [-0.2, -0.15) is 0 Å². The first kappa shape index (κ1) is 12.1. The van der Waals surface area contributed by atoms with E-state index in [0.29, 0.717) is 11.6 Å². The zero-order valence-corrected chi connectivity index (χ0v) is 11.3.